The molecule has 22 heavy (non-hydrogen) atoms. The van der Waals surface area contributed by atoms with Crippen LogP contribution >= 0.6 is 11.3 Å². The largest absolute Gasteiger partial charge is 0.269 e. The molecule has 0 aliphatic carbocycles. The van der Waals surface area contributed by atoms with Crippen LogP contribution in [0.3, 0.4) is 0 Å². The molecule has 0 spiro atoms. The van der Waals surface area contributed by atoms with Gasteiger partial charge in [-0.3, -0.25) is 14.5 Å². The number of benzene rings is 2. The predicted molar refractivity (Wildman–Crippen MR) is 87.2 cm³/mol. The van der Waals surface area contributed by atoms with Crippen LogP contribution in [0, 0.1) is 0 Å². The van der Waals surface area contributed by atoms with Gasteiger partial charge in [-0.25, -0.2) is 0 Å². The Balaban J connectivity index is 1.76. The third-order valence-corrected chi connectivity index (χ3v) is 5.36. The van der Waals surface area contributed by atoms with E-state index in [9.17, 15) is 9.59 Å². The van der Waals surface area contributed by atoms with Crippen molar-refractivity contribution < 1.29 is 9.59 Å². The van der Waals surface area contributed by atoms with Gasteiger partial charge in [0.15, 0.2) is 0 Å². The minimum Gasteiger partial charge on any atom is -0.269 e. The van der Waals surface area contributed by atoms with E-state index in [1.807, 2.05) is 25.1 Å². The first-order chi connectivity index (χ1) is 10.7. The van der Waals surface area contributed by atoms with Gasteiger partial charge in [-0.05, 0) is 36.6 Å². The summed E-state index contributed by atoms with van der Waals surface area (Å²) in [6.07, 6.45) is 0. The van der Waals surface area contributed by atoms with Crippen molar-refractivity contribution >= 4 is 33.2 Å². The Labute approximate surface area is 131 Å². The zero-order chi connectivity index (χ0) is 15.3. The molecule has 3 nitrogen and oxygen atoms in total. The van der Waals surface area contributed by atoms with Crippen LogP contribution in [0.25, 0.3) is 10.1 Å². The van der Waals surface area contributed by atoms with E-state index in [1.54, 1.807) is 35.6 Å². The summed E-state index contributed by atoms with van der Waals surface area (Å²) in [5, 5.41) is 1.14. The first kappa shape index (κ1) is 13.2. The molecular weight excluding hydrogens is 294 g/mol. The van der Waals surface area contributed by atoms with Crippen molar-refractivity contribution in [3.05, 3.63) is 70.6 Å². The zero-order valence-electron chi connectivity index (χ0n) is 11.9. The molecule has 0 saturated heterocycles. The van der Waals surface area contributed by atoms with E-state index >= 15 is 0 Å². The van der Waals surface area contributed by atoms with Gasteiger partial charge in [0.1, 0.15) is 0 Å². The van der Waals surface area contributed by atoms with Gasteiger partial charge in [0.2, 0.25) is 0 Å². The summed E-state index contributed by atoms with van der Waals surface area (Å²) >= 11 is 1.63. The van der Waals surface area contributed by atoms with E-state index in [1.165, 1.54) is 9.60 Å². The molecule has 108 valence electrons. The molecule has 1 atom stereocenters. The summed E-state index contributed by atoms with van der Waals surface area (Å²) in [7, 11) is 0. The average molecular weight is 307 g/mol. The standard InChI is InChI=1S/C18H13NO2S/c1-11(16-10-12-6-2-5-9-15(12)22-16)19-17(20)13-7-3-4-8-14(13)18(19)21/h2-11H,1H3/t11-/m1/s1. The molecule has 2 amide bonds. The summed E-state index contributed by atoms with van der Waals surface area (Å²) in [6, 6.07) is 16.9. The number of carbonyl (C=O) groups is 2. The van der Waals surface area contributed by atoms with Crippen LogP contribution < -0.4 is 0 Å². The van der Waals surface area contributed by atoms with Crippen molar-refractivity contribution in [3.8, 4) is 0 Å². The van der Waals surface area contributed by atoms with E-state index in [0.29, 0.717) is 11.1 Å². The van der Waals surface area contributed by atoms with E-state index in [0.717, 1.165) is 10.3 Å². The Morgan fingerprint density at radius 2 is 1.50 bits per heavy atom. The number of thiophene rings is 1. The third-order valence-electron chi connectivity index (χ3n) is 4.07. The molecule has 0 fully saturated rings. The molecular formula is C18H13NO2S. The monoisotopic (exact) mass is 307 g/mol. The number of nitrogens with zero attached hydrogens (tertiary/aromatic N) is 1. The summed E-state index contributed by atoms with van der Waals surface area (Å²) in [6.45, 7) is 1.91. The fourth-order valence-electron chi connectivity index (χ4n) is 2.90. The average Bonchev–Trinajstić information content (AvgIpc) is 3.08. The van der Waals surface area contributed by atoms with Crippen LogP contribution in [-0.2, 0) is 0 Å². The van der Waals surface area contributed by atoms with E-state index in [4.69, 9.17) is 0 Å². The van der Waals surface area contributed by atoms with Gasteiger partial charge in [0.25, 0.3) is 11.8 Å². The quantitative estimate of drug-likeness (QED) is 0.663. The van der Waals surface area contributed by atoms with Crippen LogP contribution in [0.1, 0.15) is 38.6 Å². The molecule has 1 aliphatic heterocycles. The lowest BCUT2D eigenvalue weighted by Gasteiger charge is -2.21. The number of fused-ring (bicyclic) bond motifs is 2. The highest BCUT2D eigenvalue weighted by Gasteiger charge is 2.38. The lowest BCUT2D eigenvalue weighted by Crippen LogP contribution is -2.32. The number of hydrogen-bond donors (Lipinski definition) is 0. The molecule has 0 bridgehead atoms. The molecule has 0 N–H and O–H groups in total. The van der Waals surface area contributed by atoms with Gasteiger partial charge in [-0.1, -0.05) is 30.3 Å². The maximum absolute atomic E-state index is 12.5. The number of amides is 2. The second kappa shape index (κ2) is 4.78. The van der Waals surface area contributed by atoms with Crippen LogP contribution in [0.15, 0.2) is 54.6 Å². The molecule has 1 aliphatic rings. The lowest BCUT2D eigenvalue weighted by atomic mass is 10.1. The van der Waals surface area contributed by atoms with Gasteiger partial charge in [0.05, 0.1) is 17.2 Å². The minimum absolute atomic E-state index is 0.203. The second-order valence-corrected chi connectivity index (χ2v) is 6.50. The topological polar surface area (TPSA) is 37.4 Å². The molecule has 0 radical (unpaired) electrons. The molecule has 2 heterocycles. The Hall–Kier alpha value is -2.46. The van der Waals surface area contributed by atoms with Crippen LogP contribution in [-0.4, -0.2) is 16.7 Å². The van der Waals surface area contributed by atoms with Crippen molar-refractivity contribution in [1.29, 1.82) is 0 Å². The maximum atomic E-state index is 12.5. The molecule has 4 rings (SSSR count). The van der Waals surface area contributed by atoms with E-state index in [-0.39, 0.29) is 17.9 Å². The van der Waals surface area contributed by atoms with Crippen molar-refractivity contribution in [3.63, 3.8) is 0 Å². The van der Waals surface area contributed by atoms with Gasteiger partial charge in [-0.15, -0.1) is 11.3 Å². The van der Waals surface area contributed by atoms with Crippen LogP contribution in [0.2, 0.25) is 0 Å². The minimum atomic E-state index is -0.259. The molecule has 3 aromatic rings. The van der Waals surface area contributed by atoms with Gasteiger partial charge in [0, 0.05) is 9.58 Å². The van der Waals surface area contributed by atoms with E-state index in [2.05, 4.69) is 12.1 Å². The number of hydrogen-bond acceptors (Lipinski definition) is 3. The van der Waals surface area contributed by atoms with Crippen molar-refractivity contribution in [1.82, 2.24) is 4.90 Å². The highest BCUT2D eigenvalue weighted by molar-refractivity contribution is 7.19. The van der Waals surface area contributed by atoms with Crippen LogP contribution in [0.5, 0.6) is 0 Å². The van der Waals surface area contributed by atoms with Crippen LogP contribution in [0.4, 0.5) is 0 Å². The highest BCUT2D eigenvalue weighted by Crippen LogP contribution is 2.36. The molecule has 2 aromatic carbocycles. The Morgan fingerprint density at radius 1 is 0.909 bits per heavy atom. The first-order valence-electron chi connectivity index (χ1n) is 7.12. The van der Waals surface area contributed by atoms with Crippen molar-refractivity contribution in [2.45, 2.75) is 13.0 Å². The SMILES string of the molecule is C[C@H](c1cc2ccccc2s1)N1C(=O)c2ccccc2C1=O. The Morgan fingerprint density at radius 3 is 2.14 bits per heavy atom. The molecule has 0 unspecified atom stereocenters. The molecule has 0 saturated carbocycles. The lowest BCUT2D eigenvalue weighted by molar-refractivity contribution is 0.0598. The predicted octanol–water partition coefficient (Wildman–Crippen LogP) is 4.26. The summed E-state index contributed by atoms with van der Waals surface area (Å²) in [4.78, 5) is 27.5. The number of rotatable bonds is 2. The zero-order valence-corrected chi connectivity index (χ0v) is 12.8. The van der Waals surface area contributed by atoms with Gasteiger partial charge in [-0.2, -0.15) is 0 Å². The maximum Gasteiger partial charge on any atom is 0.262 e. The summed E-state index contributed by atoms with van der Waals surface area (Å²) in [5.41, 5.74) is 1.00. The molecule has 1 aromatic heterocycles. The smallest absolute Gasteiger partial charge is 0.262 e. The van der Waals surface area contributed by atoms with Gasteiger partial charge >= 0.3 is 0 Å². The Bertz CT molecular complexity index is 844. The van der Waals surface area contributed by atoms with Crippen molar-refractivity contribution in [2.75, 3.05) is 0 Å². The summed E-state index contributed by atoms with van der Waals surface area (Å²) < 4.78 is 1.17. The Kier molecular flexibility index (Phi) is 2.87. The molecule has 4 heteroatoms. The van der Waals surface area contributed by atoms with E-state index < -0.39 is 0 Å². The van der Waals surface area contributed by atoms with Crippen molar-refractivity contribution in [2.24, 2.45) is 0 Å². The first-order valence-corrected chi connectivity index (χ1v) is 7.94. The number of carbonyl (C=O) groups excluding carboxylic acids is 2. The fourth-order valence-corrected chi connectivity index (χ4v) is 4.00. The van der Waals surface area contributed by atoms with Gasteiger partial charge < -0.3 is 0 Å². The summed E-state index contributed by atoms with van der Waals surface area (Å²) in [5.74, 6) is -0.406. The highest BCUT2D eigenvalue weighted by atomic mass is 32.1. The third kappa shape index (κ3) is 1.81. The normalized spacial score (nSPS) is 15.4. The second-order valence-electron chi connectivity index (χ2n) is 5.39. The fraction of sp³-hybridized carbons (Fsp3) is 0.111. The number of imide groups is 1.